The molecule has 0 saturated carbocycles. The van der Waals surface area contributed by atoms with Gasteiger partial charge < -0.3 is 0 Å². The number of halogens is 5. The predicted octanol–water partition coefficient (Wildman–Crippen LogP) is 6.02. The molecule has 0 nitrogen and oxygen atoms in total. The molecule has 20 heavy (non-hydrogen) atoms. The molecule has 0 spiro atoms. The van der Waals surface area contributed by atoms with Crippen molar-refractivity contribution in [1.82, 2.24) is 0 Å². The lowest BCUT2D eigenvalue weighted by Crippen LogP contribution is -2.06. The molecule has 0 heterocycles. The highest BCUT2D eigenvalue weighted by atomic mass is 79.9. The van der Waals surface area contributed by atoms with Crippen LogP contribution >= 0.6 is 31.9 Å². The average molecular weight is 408 g/mol. The van der Waals surface area contributed by atoms with Gasteiger partial charge in [-0.25, -0.2) is 0 Å². The van der Waals surface area contributed by atoms with Crippen LogP contribution in [-0.4, -0.2) is 0 Å². The summed E-state index contributed by atoms with van der Waals surface area (Å²) >= 11 is 6.69. The van der Waals surface area contributed by atoms with E-state index in [-0.39, 0.29) is 0 Å². The molecule has 0 saturated heterocycles. The van der Waals surface area contributed by atoms with Gasteiger partial charge in [-0.05, 0) is 54.3 Å². The van der Waals surface area contributed by atoms with Crippen molar-refractivity contribution in [2.45, 2.75) is 19.0 Å². The highest BCUT2D eigenvalue weighted by Gasteiger charge is 2.30. The van der Waals surface area contributed by atoms with Crippen LogP contribution in [0, 0.1) is 0 Å². The Bertz CT molecular complexity index is 606. The molecule has 0 aromatic heterocycles. The van der Waals surface area contributed by atoms with Crippen molar-refractivity contribution >= 4 is 31.9 Å². The molecule has 0 aliphatic heterocycles. The van der Waals surface area contributed by atoms with E-state index >= 15 is 0 Å². The van der Waals surface area contributed by atoms with Gasteiger partial charge in [-0.2, -0.15) is 13.2 Å². The van der Waals surface area contributed by atoms with E-state index in [0.717, 1.165) is 16.1 Å². The maximum atomic E-state index is 12.7. The van der Waals surface area contributed by atoms with Crippen LogP contribution in [-0.2, 0) is 19.0 Å². The van der Waals surface area contributed by atoms with Crippen molar-refractivity contribution in [1.29, 1.82) is 0 Å². The minimum absolute atomic E-state index is 0.557. The molecule has 0 fully saturated rings. The Kier molecular flexibility index (Phi) is 4.91. The van der Waals surface area contributed by atoms with Gasteiger partial charge in [0.2, 0.25) is 0 Å². The molecule has 0 radical (unpaired) electrons. The summed E-state index contributed by atoms with van der Waals surface area (Å²) in [4.78, 5) is 0. The lowest BCUT2D eigenvalue weighted by atomic mass is 10.0. The summed E-state index contributed by atoms with van der Waals surface area (Å²) in [5, 5.41) is 0. The fourth-order valence-electron chi connectivity index (χ4n) is 1.91. The summed E-state index contributed by atoms with van der Waals surface area (Å²) in [6.07, 6.45) is -3.05. The molecule has 0 N–H and O–H groups in total. The quantitative estimate of drug-likeness (QED) is 0.583. The average Bonchev–Trinajstić information content (AvgIpc) is 2.36. The molecule has 0 bridgehead atoms. The molecule has 0 aliphatic carbocycles. The van der Waals surface area contributed by atoms with Crippen molar-refractivity contribution < 1.29 is 13.2 Å². The molecule has 2 aromatic rings. The summed E-state index contributed by atoms with van der Waals surface area (Å²) in [7, 11) is 0. The van der Waals surface area contributed by atoms with Gasteiger partial charge in [0.25, 0.3) is 0 Å². The van der Waals surface area contributed by atoms with Crippen molar-refractivity contribution in [2.75, 3.05) is 0 Å². The van der Waals surface area contributed by atoms with E-state index in [1.165, 1.54) is 12.1 Å². The Labute approximate surface area is 132 Å². The first-order valence-electron chi connectivity index (χ1n) is 5.96. The third-order valence-electron chi connectivity index (χ3n) is 2.95. The molecule has 0 amide bonds. The van der Waals surface area contributed by atoms with Gasteiger partial charge in [-0.3, -0.25) is 0 Å². The maximum absolute atomic E-state index is 12.7. The molecule has 0 aliphatic rings. The van der Waals surface area contributed by atoms with Gasteiger partial charge in [-0.15, -0.1) is 0 Å². The first-order valence-corrected chi connectivity index (χ1v) is 7.55. The number of hydrogen-bond donors (Lipinski definition) is 0. The van der Waals surface area contributed by atoms with E-state index in [1.54, 1.807) is 0 Å². The Morgan fingerprint density at radius 3 is 2.30 bits per heavy atom. The van der Waals surface area contributed by atoms with Gasteiger partial charge in [0.15, 0.2) is 0 Å². The lowest BCUT2D eigenvalue weighted by Gasteiger charge is -2.11. The van der Waals surface area contributed by atoms with Crippen LogP contribution in [0.15, 0.2) is 51.4 Å². The molecule has 106 valence electrons. The largest absolute Gasteiger partial charge is 0.416 e. The van der Waals surface area contributed by atoms with Crippen molar-refractivity contribution in [3.8, 4) is 0 Å². The Morgan fingerprint density at radius 2 is 1.65 bits per heavy atom. The standard InChI is InChI=1S/C15H11Br2F3/c16-13-3-1-2-10(8-13)4-5-11-9-12(15(18,19)20)6-7-14(11)17/h1-3,6-9H,4-5H2. The van der Waals surface area contributed by atoms with Crippen molar-refractivity contribution in [2.24, 2.45) is 0 Å². The number of rotatable bonds is 3. The Hall–Kier alpha value is -0.810. The van der Waals surface area contributed by atoms with E-state index in [9.17, 15) is 13.2 Å². The zero-order valence-corrected chi connectivity index (χ0v) is 13.5. The summed E-state index contributed by atoms with van der Waals surface area (Å²) in [5.41, 5.74) is 1.15. The van der Waals surface area contributed by atoms with Gasteiger partial charge in [0.1, 0.15) is 0 Å². The number of aryl methyl sites for hydroxylation is 2. The zero-order chi connectivity index (χ0) is 14.8. The zero-order valence-electron chi connectivity index (χ0n) is 10.3. The SMILES string of the molecule is FC(F)(F)c1ccc(Br)c(CCc2cccc(Br)c2)c1. The summed E-state index contributed by atoms with van der Waals surface area (Å²) in [6, 6.07) is 11.5. The van der Waals surface area contributed by atoms with Crippen LogP contribution in [0.5, 0.6) is 0 Å². The molecule has 2 rings (SSSR count). The molecular formula is C15H11Br2F3. The van der Waals surface area contributed by atoms with Crippen LogP contribution in [0.2, 0.25) is 0 Å². The smallest absolute Gasteiger partial charge is 0.166 e. The monoisotopic (exact) mass is 406 g/mol. The molecule has 0 atom stereocenters. The van der Waals surface area contributed by atoms with Gasteiger partial charge in [0.05, 0.1) is 5.56 Å². The summed E-state index contributed by atoms with van der Waals surface area (Å²) in [5.74, 6) is 0. The third-order valence-corrected chi connectivity index (χ3v) is 4.21. The summed E-state index contributed by atoms with van der Waals surface area (Å²) < 4.78 is 39.8. The van der Waals surface area contributed by atoms with Crippen LogP contribution in [0.25, 0.3) is 0 Å². The van der Waals surface area contributed by atoms with Crippen LogP contribution in [0.4, 0.5) is 13.2 Å². The highest BCUT2D eigenvalue weighted by Crippen LogP contribution is 2.32. The normalized spacial score (nSPS) is 11.7. The Balaban J connectivity index is 2.17. The van der Waals surface area contributed by atoms with E-state index in [0.29, 0.717) is 22.9 Å². The number of alkyl halides is 3. The number of hydrogen-bond acceptors (Lipinski definition) is 0. The minimum atomic E-state index is -4.30. The van der Waals surface area contributed by atoms with Gasteiger partial charge in [0, 0.05) is 8.95 Å². The fraction of sp³-hybridized carbons (Fsp3) is 0.200. The molecule has 0 unspecified atom stereocenters. The third kappa shape index (κ3) is 4.09. The second-order valence-corrected chi connectivity index (χ2v) is 6.20. The summed E-state index contributed by atoms with van der Waals surface area (Å²) in [6.45, 7) is 0. The maximum Gasteiger partial charge on any atom is 0.416 e. The second-order valence-electron chi connectivity index (χ2n) is 4.43. The highest BCUT2D eigenvalue weighted by molar-refractivity contribution is 9.10. The Morgan fingerprint density at radius 1 is 0.900 bits per heavy atom. The number of benzene rings is 2. The lowest BCUT2D eigenvalue weighted by molar-refractivity contribution is -0.137. The first-order chi connectivity index (χ1) is 9.36. The van der Waals surface area contributed by atoms with E-state index in [1.807, 2.05) is 24.3 Å². The molecule has 2 aromatic carbocycles. The second kappa shape index (κ2) is 6.31. The minimum Gasteiger partial charge on any atom is -0.166 e. The molecular weight excluding hydrogens is 397 g/mol. The fourth-order valence-corrected chi connectivity index (χ4v) is 2.81. The van der Waals surface area contributed by atoms with Gasteiger partial charge in [-0.1, -0.05) is 44.0 Å². The van der Waals surface area contributed by atoms with Crippen LogP contribution in [0.1, 0.15) is 16.7 Å². The molecule has 5 heteroatoms. The first kappa shape index (κ1) is 15.6. The van der Waals surface area contributed by atoms with Crippen molar-refractivity contribution in [3.05, 3.63) is 68.1 Å². The topological polar surface area (TPSA) is 0 Å². The van der Waals surface area contributed by atoms with Crippen LogP contribution in [0.3, 0.4) is 0 Å². The van der Waals surface area contributed by atoms with Crippen LogP contribution < -0.4 is 0 Å². The van der Waals surface area contributed by atoms with E-state index < -0.39 is 11.7 Å². The van der Waals surface area contributed by atoms with Gasteiger partial charge >= 0.3 is 6.18 Å². The van der Waals surface area contributed by atoms with Crippen molar-refractivity contribution in [3.63, 3.8) is 0 Å². The van der Waals surface area contributed by atoms with E-state index in [2.05, 4.69) is 31.9 Å². The van der Waals surface area contributed by atoms with E-state index in [4.69, 9.17) is 0 Å². The predicted molar refractivity (Wildman–Crippen MR) is 80.7 cm³/mol.